The Morgan fingerprint density at radius 1 is 1.30 bits per heavy atom. The maximum Gasteiger partial charge on any atom is 0.317 e. The van der Waals surface area contributed by atoms with Crippen LogP contribution in [0.4, 0.5) is 0 Å². The largest absolute Gasteiger partial charge is 0.480 e. The smallest absolute Gasteiger partial charge is 0.317 e. The zero-order chi connectivity index (χ0) is 18.4. The van der Waals surface area contributed by atoms with Crippen molar-refractivity contribution in [3.63, 3.8) is 0 Å². The molecule has 0 amide bonds. The van der Waals surface area contributed by atoms with Gasteiger partial charge in [0.25, 0.3) is 0 Å². The van der Waals surface area contributed by atoms with Crippen molar-refractivity contribution < 1.29 is 14.4 Å². The number of aromatic nitrogens is 2. The summed E-state index contributed by atoms with van der Waals surface area (Å²) in [5.74, 6) is 0.582. The van der Waals surface area contributed by atoms with Crippen LogP contribution in [0.3, 0.4) is 0 Å². The second-order valence-corrected chi connectivity index (χ2v) is 6.94. The van der Waals surface area contributed by atoms with E-state index in [4.69, 9.17) is 9.63 Å². The third-order valence-electron chi connectivity index (χ3n) is 4.87. The van der Waals surface area contributed by atoms with Crippen molar-refractivity contribution in [3.8, 4) is 0 Å². The number of likely N-dealkylation sites (N-methyl/N-ethyl adjacent to an activating group) is 1. The summed E-state index contributed by atoms with van der Waals surface area (Å²) in [6.45, 7) is 2.62. The minimum absolute atomic E-state index is 0. The van der Waals surface area contributed by atoms with Crippen molar-refractivity contribution in [1.29, 1.82) is 0 Å². The Morgan fingerprint density at radius 3 is 2.81 bits per heavy atom. The second-order valence-electron chi connectivity index (χ2n) is 6.94. The monoisotopic (exact) mass is 394 g/mol. The first-order valence-corrected chi connectivity index (χ1v) is 9.10. The maximum absolute atomic E-state index is 10.9. The lowest BCUT2D eigenvalue weighted by atomic mass is 10.1. The summed E-state index contributed by atoms with van der Waals surface area (Å²) in [5.41, 5.74) is 1.17. The zero-order valence-electron chi connectivity index (χ0n) is 15.6. The zero-order valence-corrected chi connectivity index (χ0v) is 16.4. The molecule has 1 fully saturated rings. The molecule has 0 aliphatic carbocycles. The fourth-order valence-corrected chi connectivity index (χ4v) is 3.48. The lowest BCUT2D eigenvalue weighted by Crippen LogP contribution is -2.36. The van der Waals surface area contributed by atoms with Gasteiger partial charge in [-0.25, -0.2) is 0 Å². The molecule has 1 N–H and O–H groups in total. The van der Waals surface area contributed by atoms with Crippen molar-refractivity contribution in [2.24, 2.45) is 0 Å². The lowest BCUT2D eigenvalue weighted by molar-refractivity contribution is -0.138. The summed E-state index contributed by atoms with van der Waals surface area (Å²) in [5, 5.41) is 13.1. The van der Waals surface area contributed by atoms with Crippen LogP contribution in [0.1, 0.15) is 36.5 Å². The van der Waals surface area contributed by atoms with Gasteiger partial charge in [0.1, 0.15) is 0 Å². The molecular weight excluding hydrogens is 368 g/mol. The molecule has 1 aromatic heterocycles. The molecule has 8 heteroatoms. The number of rotatable bonds is 7. The summed E-state index contributed by atoms with van der Waals surface area (Å²) in [7, 11) is 1.89. The Morgan fingerprint density at radius 2 is 2.07 bits per heavy atom. The van der Waals surface area contributed by atoms with Crippen LogP contribution >= 0.6 is 12.4 Å². The van der Waals surface area contributed by atoms with Gasteiger partial charge in [-0.3, -0.25) is 14.6 Å². The van der Waals surface area contributed by atoms with Crippen LogP contribution in [0.2, 0.25) is 0 Å². The summed E-state index contributed by atoms with van der Waals surface area (Å²) in [6, 6.07) is 10.4. The first-order chi connectivity index (χ1) is 12.6. The van der Waals surface area contributed by atoms with E-state index in [1.807, 2.05) is 30.1 Å². The van der Waals surface area contributed by atoms with Gasteiger partial charge in [-0.15, -0.1) is 12.4 Å². The van der Waals surface area contributed by atoms with Crippen LogP contribution in [-0.4, -0.2) is 63.7 Å². The van der Waals surface area contributed by atoms with E-state index >= 15 is 0 Å². The Labute approximate surface area is 165 Å². The number of hydrogen-bond donors (Lipinski definition) is 1. The fourth-order valence-electron chi connectivity index (χ4n) is 3.48. The number of carbonyl (C=O) groups is 1. The van der Waals surface area contributed by atoms with E-state index in [2.05, 4.69) is 27.2 Å². The number of aliphatic carboxylic acids is 1. The van der Waals surface area contributed by atoms with Crippen LogP contribution in [-0.2, 0) is 17.8 Å². The molecule has 1 aliphatic rings. The standard InChI is InChI=1S/C19H26N4O3.ClH/c1-22(14-19(24)25)16-8-5-10-23(11-9-16)13-18-20-17(21-26-18)12-15-6-3-2-4-7-15;/h2-4,6-7,16H,5,8-14H2,1H3,(H,24,25);1H. The number of nitrogens with zero attached hydrogens (tertiary/aromatic N) is 4. The van der Waals surface area contributed by atoms with Gasteiger partial charge in [0, 0.05) is 19.0 Å². The topological polar surface area (TPSA) is 82.7 Å². The molecule has 1 aliphatic heterocycles. The molecule has 148 valence electrons. The van der Waals surface area contributed by atoms with Gasteiger partial charge in [-0.2, -0.15) is 4.98 Å². The minimum Gasteiger partial charge on any atom is -0.480 e. The van der Waals surface area contributed by atoms with Crippen LogP contribution in [0.25, 0.3) is 0 Å². The van der Waals surface area contributed by atoms with Crippen molar-refractivity contribution in [3.05, 3.63) is 47.6 Å². The van der Waals surface area contributed by atoms with E-state index in [0.29, 0.717) is 30.7 Å². The molecule has 2 heterocycles. The minimum atomic E-state index is -0.773. The molecule has 0 spiro atoms. The second kappa shape index (κ2) is 10.4. The summed E-state index contributed by atoms with van der Waals surface area (Å²) < 4.78 is 5.42. The average molecular weight is 395 g/mol. The first kappa shape index (κ1) is 21.3. The van der Waals surface area contributed by atoms with Gasteiger partial charge in [0.2, 0.25) is 5.89 Å². The molecule has 1 atom stereocenters. The molecule has 0 bridgehead atoms. The van der Waals surface area contributed by atoms with Crippen molar-refractivity contribution in [1.82, 2.24) is 19.9 Å². The summed E-state index contributed by atoms with van der Waals surface area (Å²) >= 11 is 0. The molecular formula is C19H27ClN4O3. The molecule has 0 saturated carbocycles. The normalized spacial score (nSPS) is 18.1. The van der Waals surface area contributed by atoms with Gasteiger partial charge >= 0.3 is 5.97 Å². The van der Waals surface area contributed by atoms with Crippen molar-refractivity contribution in [2.75, 3.05) is 26.7 Å². The van der Waals surface area contributed by atoms with Gasteiger partial charge in [0.15, 0.2) is 5.82 Å². The van der Waals surface area contributed by atoms with Gasteiger partial charge in [-0.1, -0.05) is 35.5 Å². The van der Waals surface area contributed by atoms with Gasteiger partial charge in [-0.05, 0) is 38.4 Å². The number of carboxylic acids is 1. The highest BCUT2D eigenvalue weighted by atomic mass is 35.5. The predicted molar refractivity (Wildman–Crippen MR) is 104 cm³/mol. The maximum atomic E-state index is 10.9. The molecule has 1 unspecified atom stereocenters. The van der Waals surface area contributed by atoms with Crippen molar-refractivity contribution >= 4 is 18.4 Å². The number of hydrogen-bond acceptors (Lipinski definition) is 6. The SMILES string of the molecule is CN(CC(=O)O)C1CCCN(Cc2nc(Cc3ccccc3)no2)CC1.Cl. The summed E-state index contributed by atoms with van der Waals surface area (Å²) in [4.78, 5) is 19.7. The van der Waals surface area contributed by atoms with Crippen LogP contribution in [0.15, 0.2) is 34.9 Å². The molecule has 27 heavy (non-hydrogen) atoms. The molecule has 0 radical (unpaired) electrons. The molecule has 2 aromatic rings. The van der Waals surface area contributed by atoms with E-state index < -0.39 is 5.97 Å². The summed E-state index contributed by atoms with van der Waals surface area (Å²) in [6.07, 6.45) is 3.68. The lowest BCUT2D eigenvalue weighted by Gasteiger charge is -2.25. The molecule has 1 saturated heterocycles. The van der Waals surface area contributed by atoms with Crippen LogP contribution < -0.4 is 0 Å². The van der Waals surface area contributed by atoms with E-state index in [9.17, 15) is 4.79 Å². The van der Waals surface area contributed by atoms with Crippen LogP contribution in [0.5, 0.6) is 0 Å². The molecule has 3 rings (SSSR count). The Hall–Kier alpha value is -1.96. The Bertz CT molecular complexity index is 710. The fraction of sp³-hybridized carbons (Fsp3) is 0.526. The van der Waals surface area contributed by atoms with E-state index in [-0.39, 0.29) is 19.0 Å². The number of likely N-dealkylation sites (tertiary alicyclic amines) is 1. The highest BCUT2D eigenvalue weighted by molar-refractivity contribution is 5.85. The third-order valence-corrected chi connectivity index (χ3v) is 4.87. The number of halogens is 1. The predicted octanol–water partition coefficient (Wildman–Crippen LogP) is 2.45. The molecule has 1 aromatic carbocycles. The Kier molecular flexibility index (Phi) is 8.22. The average Bonchev–Trinajstić information content (AvgIpc) is 2.90. The Balaban J connectivity index is 0.00000261. The number of carboxylic acid groups (broad SMARTS) is 1. The third kappa shape index (κ3) is 6.61. The highest BCUT2D eigenvalue weighted by Crippen LogP contribution is 2.17. The molecule has 7 nitrogen and oxygen atoms in total. The van der Waals surface area contributed by atoms with Gasteiger partial charge < -0.3 is 9.63 Å². The van der Waals surface area contributed by atoms with E-state index in [1.165, 1.54) is 5.56 Å². The van der Waals surface area contributed by atoms with E-state index in [1.54, 1.807) is 0 Å². The number of benzene rings is 1. The van der Waals surface area contributed by atoms with Gasteiger partial charge in [0.05, 0.1) is 13.1 Å². The van der Waals surface area contributed by atoms with Crippen molar-refractivity contribution in [2.45, 2.75) is 38.3 Å². The van der Waals surface area contributed by atoms with E-state index in [0.717, 1.165) is 32.4 Å². The van der Waals surface area contributed by atoms with Crippen LogP contribution in [0, 0.1) is 0 Å². The highest BCUT2D eigenvalue weighted by Gasteiger charge is 2.22. The first-order valence-electron chi connectivity index (χ1n) is 9.10. The quantitative estimate of drug-likeness (QED) is 0.772.